The molecule has 0 saturated carbocycles. The summed E-state index contributed by atoms with van der Waals surface area (Å²) in [5, 5.41) is 5.45. The maximum absolute atomic E-state index is 13.6. The van der Waals surface area contributed by atoms with E-state index in [2.05, 4.69) is 5.32 Å². The van der Waals surface area contributed by atoms with Crippen molar-refractivity contribution >= 4 is 57.4 Å². The van der Waals surface area contributed by atoms with E-state index in [1.165, 1.54) is 9.80 Å². The summed E-state index contributed by atoms with van der Waals surface area (Å²) in [7, 11) is 0. The van der Waals surface area contributed by atoms with Crippen LogP contribution in [0.15, 0.2) is 54.6 Å². The van der Waals surface area contributed by atoms with Crippen molar-refractivity contribution in [3.05, 3.63) is 75.8 Å². The van der Waals surface area contributed by atoms with Gasteiger partial charge in [0.05, 0.1) is 15.7 Å². The molecular formula is C27H27Cl2N3O3. The minimum absolute atomic E-state index is 0.144. The largest absolute Gasteiger partial charge is 0.354 e. The lowest BCUT2D eigenvalue weighted by Gasteiger charge is -2.31. The topological polar surface area (TPSA) is 69.7 Å². The number of hydrogen-bond acceptors (Lipinski definition) is 3. The van der Waals surface area contributed by atoms with Crippen molar-refractivity contribution in [1.29, 1.82) is 0 Å². The second-order valence-electron chi connectivity index (χ2n) is 9.16. The molecule has 0 spiro atoms. The number of anilines is 1. The summed E-state index contributed by atoms with van der Waals surface area (Å²) in [5.41, 5.74) is 2.00. The van der Waals surface area contributed by atoms with E-state index in [-0.39, 0.29) is 36.7 Å². The number of nitrogens with zero attached hydrogens (tertiary/aromatic N) is 2. The molecule has 1 aliphatic rings. The van der Waals surface area contributed by atoms with Gasteiger partial charge in [0.1, 0.15) is 12.6 Å². The van der Waals surface area contributed by atoms with Gasteiger partial charge in [-0.1, -0.05) is 67.4 Å². The van der Waals surface area contributed by atoms with Gasteiger partial charge in [-0.2, -0.15) is 0 Å². The third-order valence-corrected chi connectivity index (χ3v) is 6.87. The van der Waals surface area contributed by atoms with Gasteiger partial charge in [0.15, 0.2) is 0 Å². The van der Waals surface area contributed by atoms with Crippen LogP contribution >= 0.6 is 23.2 Å². The molecule has 0 aromatic heterocycles. The summed E-state index contributed by atoms with van der Waals surface area (Å²) in [6, 6.07) is 15.6. The van der Waals surface area contributed by atoms with Crippen LogP contribution in [-0.4, -0.2) is 41.8 Å². The third kappa shape index (κ3) is 5.14. The van der Waals surface area contributed by atoms with E-state index in [4.69, 9.17) is 23.2 Å². The van der Waals surface area contributed by atoms with E-state index >= 15 is 0 Å². The highest BCUT2D eigenvalue weighted by molar-refractivity contribution is 6.42. The molecular weight excluding hydrogens is 485 g/mol. The molecule has 6 nitrogen and oxygen atoms in total. The molecule has 4 rings (SSSR count). The van der Waals surface area contributed by atoms with Crippen LogP contribution in [0.3, 0.4) is 0 Å². The monoisotopic (exact) mass is 511 g/mol. The number of benzene rings is 3. The predicted molar refractivity (Wildman–Crippen MR) is 140 cm³/mol. The number of halogens is 2. The first-order valence-corrected chi connectivity index (χ1v) is 12.3. The number of rotatable bonds is 8. The van der Waals surface area contributed by atoms with E-state index in [9.17, 15) is 14.4 Å². The molecule has 1 aliphatic heterocycles. The Balaban J connectivity index is 1.62. The molecule has 3 aromatic rings. The van der Waals surface area contributed by atoms with E-state index in [1.807, 2.05) is 44.2 Å². The maximum atomic E-state index is 13.6. The Morgan fingerprint density at radius 3 is 2.40 bits per heavy atom. The minimum Gasteiger partial charge on any atom is -0.354 e. The van der Waals surface area contributed by atoms with Crippen LogP contribution in [-0.2, 0) is 16.1 Å². The summed E-state index contributed by atoms with van der Waals surface area (Å²) < 4.78 is 0. The van der Waals surface area contributed by atoms with Crippen molar-refractivity contribution in [3.63, 3.8) is 0 Å². The van der Waals surface area contributed by atoms with Gasteiger partial charge >= 0.3 is 0 Å². The van der Waals surface area contributed by atoms with Crippen LogP contribution in [0.5, 0.6) is 0 Å². The van der Waals surface area contributed by atoms with Gasteiger partial charge in [-0.15, -0.1) is 0 Å². The van der Waals surface area contributed by atoms with Crippen LogP contribution in [0.25, 0.3) is 10.8 Å². The zero-order chi connectivity index (χ0) is 25.3. The fourth-order valence-electron chi connectivity index (χ4n) is 4.23. The second-order valence-corrected chi connectivity index (χ2v) is 9.97. The molecule has 0 fully saturated rings. The number of nitrogens with one attached hydrogen (secondary N) is 1. The molecule has 35 heavy (non-hydrogen) atoms. The van der Waals surface area contributed by atoms with Gasteiger partial charge in [0.25, 0.3) is 5.91 Å². The Hall–Kier alpha value is -3.09. The van der Waals surface area contributed by atoms with Crippen LogP contribution in [0.2, 0.25) is 10.0 Å². The number of carbonyl (C=O) groups is 3. The van der Waals surface area contributed by atoms with Gasteiger partial charge in [-0.25, -0.2) is 0 Å². The Bertz CT molecular complexity index is 1300. The molecule has 0 radical (unpaired) electrons. The predicted octanol–water partition coefficient (Wildman–Crippen LogP) is 5.30. The van der Waals surface area contributed by atoms with Crippen LogP contribution in [0.1, 0.15) is 36.7 Å². The lowest BCUT2D eigenvalue weighted by molar-refractivity contribution is -0.139. The van der Waals surface area contributed by atoms with Crippen molar-refractivity contribution in [2.45, 2.75) is 33.4 Å². The molecule has 1 N–H and O–H groups in total. The average molecular weight is 512 g/mol. The summed E-state index contributed by atoms with van der Waals surface area (Å²) in [6.45, 7) is 6.15. The van der Waals surface area contributed by atoms with Crippen molar-refractivity contribution in [3.8, 4) is 0 Å². The van der Waals surface area contributed by atoms with Crippen LogP contribution in [0.4, 0.5) is 5.69 Å². The van der Waals surface area contributed by atoms with E-state index in [1.54, 1.807) is 31.2 Å². The van der Waals surface area contributed by atoms with E-state index < -0.39 is 6.04 Å². The van der Waals surface area contributed by atoms with Crippen molar-refractivity contribution in [2.24, 2.45) is 5.92 Å². The highest BCUT2D eigenvalue weighted by atomic mass is 35.5. The third-order valence-electron chi connectivity index (χ3n) is 6.13. The molecule has 1 atom stereocenters. The quantitative estimate of drug-likeness (QED) is 0.446. The molecule has 0 bridgehead atoms. The zero-order valence-electron chi connectivity index (χ0n) is 19.8. The summed E-state index contributed by atoms with van der Waals surface area (Å²) in [5.74, 6) is -0.560. The summed E-state index contributed by atoms with van der Waals surface area (Å²) >= 11 is 12.2. The molecule has 0 saturated heterocycles. The normalized spacial score (nSPS) is 13.4. The second kappa shape index (κ2) is 10.3. The smallest absolute Gasteiger partial charge is 0.259 e. The van der Waals surface area contributed by atoms with Gasteiger partial charge in [-0.3, -0.25) is 19.3 Å². The highest BCUT2D eigenvalue weighted by Crippen LogP contribution is 2.37. The number of amides is 3. The molecule has 0 unspecified atom stereocenters. The fraction of sp³-hybridized carbons (Fsp3) is 0.296. The molecule has 0 aliphatic carbocycles. The molecule has 3 amide bonds. The zero-order valence-corrected chi connectivity index (χ0v) is 21.4. The molecule has 182 valence electrons. The summed E-state index contributed by atoms with van der Waals surface area (Å²) in [6.07, 6.45) is 0. The van der Waals surface area contributed by atoms with Crippen molar-refractivity contribution < 1.29 is 14.4 Å². The van der Waals surface area contributed by atoms with Gasteiger partial charge in [0.2, 0.25) is 11.8 Å². The Labute approximate surface area is 214 Å². The lowest BCUT2D eigenvalue weighted by atomic mass is 10.1. The molecule has 1 heterocycles. The maximum Gasteiger partial charge on any atom is 0.259 e. The summed E-state index contributed by atoms with van der Waals surface area (Å²) in [4.78, 5) is 42.7. The Morgan fingerprint density at radius 1 is 1.00 bits per heavy atom. The van der Waals surface area contributed by atoms with Gasteiger partial charge in [0, 0.05) is 24.0 Å². The van der Waals surface area contributed by atoms with Crippen LogP contribution in [0, 0.1) is 5.92 Å². The first kappa shape index (κ1) is 25.0. The van der Waals surface area contributed by atoms with E-state index in [0.717, 1.165) is 16.3 Å². The fourth-order valence-corrected chi connectivity index (χ4v) is 4.55. The first-order valence-electron chi connectivity index (χ1n) is 11.5. The molecule has 8 heteroatoms. The van der Waals surface area contributed by atoms with Crippen molar-refractivity contribution in [1.82, 2.24) is 10.2 Å². The minimum atomic E-state index is -0.758. The number of hydrogen-bond donors (Lipinski definition) is 1. The average Bonchev–Trinajstić information content (AvgIpc) is 3.10. The van der Waals surface area contributed by atoms with Crippen LogP contribution < -0.4 is 10.2 Å². The molecule has 3 aromatic carbocycles. The first-order chi connectivity index (χ1) is 16.7. The lowest BCUT2D eigenvalue weighted by Crippen LogP contribution is -2.51. The highest BCUT2D eigenvalue weighted by Gasteiger charge is 2.34. The van der Waals surface area contributed by atoms with Gasteiger partial charge in [-0.05, 0) is 48.1 Å². The van der Waals surface area contributed by atoms with Crippen molar-refractivity contribution in [2.75, 3.05) is 18.0 Å². The SMILES string of the molecule is CC(C)CNC(=O)[C@H](C)N(Cc1ccc(Cl)c(Cl)c1)C(=O)CN1C(=O)c2cccc3cccc1c23. The standard InChI is InChI=1S/C27H27Cl2N3O3/c1-16(2)13-30-26(34)17(3)31(14-18-10-11-21(28)22(29)12-18)24(33)15-32-23-9-5-7-19-6-4-8-20(25(19)23)27(32)35/h4-12,16-17H,13-15H2,1-3H3,(H,30,34)/t17-/m0/s1. The Morgan fingerprint density at radius 2 is 1.71 bits per heavy atom. The van der Waals surface area contributed by atoms with Gasteiger partial charge < -0.3 is 10.2 Å². The Kier molecular flexibility index (Phi) is 7.33. The number of carbonyl (C=O) groups excluding carboxylic acids is 3. The van der Waals surface area contributed by atoms with E-state index in [0.29, 0.717) is 27.8 Å².